The third-order valence-corrected chi connectivity index (χ3v) is 4.51. The van der Waals surface area contributed by atoms with E-state index >= 15 is 0 Å². The molecule has 1 aliphatic carbocycles. The highest BCUT2D eigenvalue weighted by atomic mass is 16.5. The van der Waals surface area contributed by atoms with Gasteiger partial charge in [-0.2, -0.15) is 0 Å². The lowest BCUT2D eigenvalue weighted by Crippen LogP contribution is -2.19. The molecule has 2 N–H and O–H groups in total. The fourth-order valence-electron chi connectivity index (χ4n) is 3.26. The SMILES string of the molecule is Cc1nc(NCCC2=CCCCC2)cc(NCC2CCCO2)n1. The van der Waals surface area contributed by atoms with E-state index in [9.17, 15) is 0 Å². The molecule has 0 saturated carbocycles. The third kappa shape index (κ3) is 5.20. The number of hydrogen-bond acceptors (Lipinski definition) is 5. The molecule has 1 unspecified atom stereocenters. The topological polar surface area (TPSA) is 59.1 Å². The van der Waals surface area contributed by atoms with Crippen LogP contribution < -0.4 is 10.6 Å². The summed E-state index contributed by atoms with van der Waals surface area (Å²) in [6, 6.07) is 2.00. The Morgan fingerprint density at radius 2 is 2.04 bits per heavy atom. The fraction of sp³-hybridized carbons (Fsp3) is 0.667. The first-order valence-electron chi connectivity index (χ1n) is 8.92. The van der Waals surface area contributed by atoms with E-state index < -0.39 is 0 Å². The molecule has 126 valence electrons. The quantitative estimate of drug-likeness (QED) is 0.752. The monoisotopic (exact) mass is 316 g/mol. The number of hydrogen-bond donors (Lipinski definition) is 2. The van der Waals surface area contributed by atoms with Gasteiger partial charge in [-0.05, 0) is 51.9 Å². The first kappa shape index (κ1) is 16.2. The van der Waals surface area contributed by atoms with Gasteiger partial charge in [0.05, 0.1) is 6.10 Å². The summed E-state index contributed by atoms with van der Waals surface area (Å²) in [6.45, 7) is 4.58. The van der Waals surface area contributed by atoms with Gasteiger partial charge in [-0.3, -0.25) is 0 Å². The Hall–Kier alpha value is -1.62. The van der Waals surface area contributed by atoms with Crippen LogP contribution in [0.25, 0.3) is 0 Å². The Morgan fingerprint density at radius 1 is 1.17 bits per heavy atom. The highest BCUT2D eigenvalue weighted by molar-refractivity contribution is 5.47. The van der Waals surface area contributed by atoms with Crippen molar-refractivity contribution < 1.29 is 4.74 Å². The molecule has 0 aromatic carbocycles. The Bertz CT molecular complexity index is 538. The van der Waals surface area contributed by atoms with E-state index in [2.05, 4.69) is 26.7 Å². The molecule has 2 heterocycles. The maximum absolute atomic E-state index is 5.64. The molecule has 1 saturated heterocycles. The first-order valence-corrected chi connectivity index (χ1v) is 8.92. The first-order chi connectivity index (χ1) is 11.3. The van der Waals surface area contributed by atoms with Gasteiger partial charge in [0.25, 0.3) is 0 Å². The number of ether oxygens (including phenoxy) is 1. The van der Waals surface area contributed by atoms with Crippen LogP contribution in [0.1, 0.15) is 50.8 Å². The van der Waals surface area contributed by atoms with Crippen molar-refractivity contribution in [3.63, 3.8) is 0 Å². The zero-order chi connectivity index (χ0) is 15.9. The summed E-state index contributed by atoms with van der Waals surface area (Å²) in [7, 11) is 0. The third-order valence-electron chi connectivity index (χ3n) is 4.51. The molecule has 0 bridgehead atoms. The van der Waals surface area contributed by atoms with Crippen LogP contribution in [0, 0.1) is 6.92 Å². The minimum Gasteiger partial charge on any atom is -0.376 e. The van der Waals surface area contributed by atoms with Crippen LogP contribution in [-0.2, 0) is 4.74 Å². The number of anilines is 2. The Labute approximate surface area is 138 Å². The fourth-order valence-corrected chi connectivity index (χ4v) is 3.26. The van der Waals surface area contributed by atoms with Gasteiger partial charge in [0.15, 0.2) is 0 Å². The van der Waals surface area contributed by atoms with E-state index in [0.717, 1.165) is 56.4 Å². The number of aromatic nitrogens is 2. The Balaban J connectivity index is 1.49. The largest absolute Gasteiger partial charge is 0.376 e. The van der Waals surface area contributed by atoms with Crippen molar-refractivity contribution in [2.75, 3.05) is 30.3 Å². The molecule has 23 heavy (non-hydrogen) atoms. The predicted molar refractivity (Wildman–Crippen MR) is 93.9 cm³/mol. The molecular weight excluding hydrogens is 288 g/mol. The molecule has 2 aliphatic rings. The molecule has 3 rings (SSSR count). The summed E-state index contributed by atoms with van der Waals surface area (Å²) in [5.74, 6) is 2.58. The van der Waals surface area contributed by atoms with Crippen LogP contribution in [0.4, 0.5) is 11.6 Å². The highest BCUT2D eigenvalue weighted by Gasteiger charge is 2.15. The van der Waals surface area contributed by atoms with Gasteiger partial charge in [0, 0.05) is 25.8 Å². The van der Waals surface area contributed by atoms with Crippen LogP contribution >= 0.6 is 0 Å². The number of aryl methyl sites for hydroxylation is 1. The maximum atomic E-state index is 5.64. The number of nitrogens with one attached hydrogen (secondary N) is 2. The minimum absolute atomic E-state index is 0.319. The standard InChI is InChI=1S/C18H28N4O/c1-14-21-17(19-10-9-15-6-3-2-4-7-15)12-18(22-14)20-13-16-8-5-11-23-16/h6,12,16H,2-5,7-11,13H2,1H3,(H2,19,20,21,22). The number of allylic oxidation sites excluding steroid dienone is 1. The van der Waals surface area contributed by atoms with E-state index in [0.29, 0.717) is 6.10 Å². The van der Waals surface area contributed by atoms with Gasteiger partial charge in [-0.25, -0.2) is 9.97 Å². The van der Waals surface area contributed by atoms with Gasteiger partial charge in [-0.1, -0.05) is 11.6 Å². The van der Waals surface area contributed by atoms with Crippen LogP contribution in [0.5, 0.6) is 0 Å². The molecular formula is C18H28N4O. The summed E-state index contributed by atoms with van der Waals surface area (Å²) in [5.41, 5.74) is 1.59. The van der Waals surface area contributed by atoms with Crippen LogP contribution in [-0.4, -0.2) is 35.8 Å². The van der Waals surface area contributed by atoms with Crippen molar-refractivity contribution in [1.29, 1.82) is 0 Å². The van der Waals surface area contributed by atoms with Crippen molar-refractivity contribution in [2.24, 2.45) is 0 Å². The van der Waals surface area contributed by atoms with E-state index in [-0.39, 0.29) is 0 Å². The average Bonchev–Trinajstić information content (AvgIpc) is 3.07. The van der Waals surface area contributed by atoms with Crippen molar-refractivity contribution in [3.05, 3.63) is 23.5 Å². The number of nitrogens with zero attached hydrogens (tertiary/aromatic N) is 2. The lowest BCUT2D eigenvalue weighted by Gasteiger charge is -2.15. The molecule has 1 atom stereocenters. The van der Waals surface area contributed by atoms with E-state index in [1.54, 1.807) is 5.57 Å². The summed E-state index contributed by atoms with van der Waals surface area (Å²) < 4.78 is 5.64. The minimum atomic E-state index is 0.319. The van der Waals surface area contributed by atoms with Gasteiger partial charge in [0.2, 0.25) is 0 Å². The van der Waals surface area contributed by atoms with Gasteiger partial charge < -0.3 is 15.4 Å². The van der Waals surface area contributed by atoms with Gasteiger partial charge in [0.1, 0.15) is 17.5 Å². The smallest absolute Gasteiger partial charge is 0.131 e. The summed E-state index contributed by atoms with van der Waals surface area (Å²) >= 11 is 0. The van der Waals surface area contributed by atoms with Crippen LogP contribution in [0.2, 0.25) is 0 Å². The van der Waals surface area contributed by atoms with Crippen LogP contribution in [0.3, 0.4) is 0 Å². The highest BCUT2D eigenvalue weighted by Crippen LogP contribution is 2.20. The molecule has 5 heteroatoms. The second kappa shape index (κ2) is 8.29. The molecule has 1 fully saturated rings. The van der Waals surface area contributed by atoms with Crippen molar-refractivity contribution in [2.45, 2.75) is 58.0 Å². The Morgan fingerprint density at radius 3 is 2.78 bits per heavy atom. The molecule has 0 radical (unpaired) electrons. The summed E-state index contributed by atoms with van der Waals surface area (Å²) in [5, 5.41) is 6.82. The second-order valence-electron chi connectivity index (χ2n) is 6.49. The van der Waals surface area contributed by atoms with Gasteiger partial charge in [-0.15, -0.1) is 0 Å². The Kier molecular flexibility index (Phi) is 5.86. The maximum Gasteiger partial charge on any atom is 0.131 e. The predicted octanol–water partition coefficient (Wildman–Crippen LogP) is 3.68. The second-order valence-corrected chi connectivity index (χ2v) is 6.49. The molecule has 5 nitrogen and oxygen atoms in total. The van der Waals surface area contributed by atoms with Crippen molar-refractivity contribution >= 4 is 11.6 Å². The van der Waals surface area contributed by atoms with Crippen LogP contribution in [0.15, 0.2) is 17.7 Å². The summed E-state index contributed by atoms with van der Waals surface area (Å²) in [6.07, 6.45) is 11.3. The molecule has 0 amide bonds. The lowest BCUT2D eigenvalue weighted by atomic mass is 9.97. The molecule has 1 aliphatic heterocycles. The average molecular weight is 316 g/mol. The molecule has 1 aromatic heterocycles. The van der Waals surface area contributed by atoms with E-state index in [1.807, 2.05) is 13.0 Å². The zero-order valence-corrected chi connectivity index (χ0v) is 14.1. The molecule has 0 spiro atoms. The lowest BCUT2D eigenvalue weighted by molar-refractivity contribution is 0.120. The molecule has 1 aromatic rings. The van der Waals surface area contributed by atoms with E-state index in [1.165, 1.54) is 25.7 Å². The normalized spacial score (nSPS) is 21.1. The zero-order valence-electron chi connectivity index (χ0n) is 14.1. The van der Waals surface area contributed by atoms with Crippen molar-refractivity contribution in [3.8, 4) is 0 Å². The van der Waals surface area contributed by atoms with Gasteiger partial charge >= 0.3 is 0 Å². The van der Waals surface area contributed by atoms with Crippen molar-refractivity contribution in [1.82, 2.24) is 9.97 Å². The van der Waals surface area contributed by atoms with E-state index in [4.69, 9.17) is 4.74 Å². The summed E-state index contributed by atoms with van der Waals surface area (Å²) in [4.78, 5) is 8.95. The number of rotatable bonds is 7.